The van der Waals surface area contributed by atoms with E-state index in [1.807, 2.05) is 0 Å². The first-order chi connectivity index (χ1) is 8.00. The lowest BCUT2D eigenvalue weighted by Gasteiger charge is -2.23. The summed E-state index contributed by atoms with van der Waals surface area (Å²) in [6.07, 6.45) is 6.00. The van der Waals surface area contributed by atoms with Gasteiger partial charge in [-0.2, -0.15) is 17.4 Å². The molecule has 1 saturated heterocycles. The summed E-state index contributed by atoms with van der Waals surface area (Å²) < 4.78 is 27.2. The number of hydrogen-bond acceptors (Lipinski definition) is 3. The summed E-state index contributed by atoms with van der Waals surface area (Å²) in [5.74, 6) is -1.11. The number of nitrogens with zero attached hydrogens (tertiary/aromatic N) is 1. The monoisotopic (exact) mass is 262 g/mol. The first kappa shape index (κ1) is 12.8. The molecule has 0 aromatic rings. The van der Waals surface area contributed by atoms with Crippen LogP contribution in [0.3, 0.4) is 0 Å². The average molecular weight is 262 g/mol. The third kappa shape index (κ3) is 2.78. The van der Waals surface area contributed by atoms with Crippen molar-refractivity contribution < 1.29 is 18.3 Å². The lowest BCUT2D eigenvalue weighted by molar-refractivity contribution is -0.138. The smallest absolute Gasteiger partial charge is 0.323 e. The van der Waals surface area contributed by atoms with Crippen molar-refractivity contribution in [2.24, 2.45) is 0 Å². The van der Waals surface area contributed by atoms with Gasteiger partial charge in [-0.3, -0.25) is 4.79 Å². The normalized spacial score (nSPS) is 31.2. The van der Waals surface area contributed by atoms with E-state index in [0.717, 1.165) is 38.5 Å². The molecule has 0 aromatic carbocycles. The van der Waals surface area contributed by atoms with Gasteiger partial charge in [0.15, 0.2) is 0 Å². The van der Waals surface area contributed by atoms with E-state index in [1.165, 1.54) is 4.31 Å². The Kier molecular flexibility index (Phi) is 3.70. The molecule has 0 aromatic heterocycles. The molecule has 2 fully saturated rings. The highest BCUT2D eigenvalue weighted by atomic mass is 32.2. The lowest BCUT2D eigenvalue weighted by atomic mass is 10.1. The summed E-state index contributed by atoms with van der Waals surface area (Å²) in [6, 6.07) is -1.03. The Morgan fingerprint density at radius 2 is 1.76 bits per heavy atom. The zero-order valence-corrected chi connectivity index (χ0v) is 10.4. The van der Waals surface area contributed by atoms with Crippen molar-refractivity contribution in [3.63, 3.8) is 0 Å². The number of hydrogen-bond donors (Lipinski definition) is 2. The maximum absolute atomic E-state index is 11.8. The van der Waals surface area contributed by atoms with Crippen LogP contribution in [-0.2, 0) is 15.0 Å². The Labute approximate surface area is 101 Å². The highest BCUT2D eigenvalue weighted by Crippen LogP contribution is 2.26. The Morgan fingerprint density at radius 1 is 1.18 bits per heavy atom. The molecule has 1 atom stereocenters. The zero-order chi connectivity index (χ0) is 12.5. The van der Waals surface area contributed by atoms with Gasteiger partial charge in [0.25, 0.3) is 10.2 Å². The van der Waals surface area contributed by atoms with Gasteiger partial charge in [-0.15, -0.1) is 0 Å². The molecule has 1 aliphatic carbocycles. The van der Waals surface area contributed by atoms with Gasteiger partial charge >= 0.3 is 5.97 Å². The van der Waals surface area contributed by atoms with Crippen LogP contribution >= 0.6 is 0 Å². The van der Waals surface area contributed by atoms with Gasteiger partial charge in [0, 0.05) is 12.6 Å². The number of carboxylic acids is 1. The van der Waals surface area contributed by atoms with Crippen LogP contribution in [0.15, 0.2) is 0 Å². The molecule has 1 saturated carbocycles. The van der Waals surface area contributed by atoms with Crippen LogP contribution < -0.4 is 4.72 Å². The Morgan fingerprint density at radius 3 is 2.24 bits per heavy atom. The van der Waals surface area contributed by atoms with Gasteiger partial charge in [-0.25, -0.2) is 0 Å². The summed E-state index contributed by atoms with van der Waals surface area (Å²) in [4.78, 5) is 10.8. The predicted octanol–water partition coefficient (Wildman–Crippen LogP) is 0.312. The third-order valence-corrected chi connectivity index (χ3v) is 5.14. The molecule has 0 amide bonds. The minimum atomic E-state index is -3.59. The topological polar surface area (TPSA) is 86.7 Å². The summed E-state index contributed by atoms with van der Waals surface area (Å²) in [7, 11) is -3.59. The maximum atomic E-state index is 11.8. The SMILES string of the molecule is O=C(O)C1CN(C2CCCCCC2)S(=O)(=O)N1. The van der Waals surface area contributed by atoms with Gasteiger partial charge in [-0.1, -0.05) is 25.7 Å². The minimum absolute atomic E-state index is 0.0284. The van der Waals surface area contributed by atoms with Gasteiger partial charge < -0.3 is 5.11 Å². The minimum Gasteiger partial charge on any atom is -0.480 e. The number of rotatable bonds is 2. The first-order valence-corrected chi connectivity index (χ1v) is 7.46. The van der Waals surface area contributed by atoms with Gasteiger partial charge in [0.2, 0.25) is 0 Å². The second-order valence-electron chi connectivity index (χ2n) is 4.73. The number of nitrogens with one attached hydrogen (secondary N) is 1. The number of carbonyl (C=O) groups is 1. The molecule has 17 heavy (non-hydrogen) atoms. The molecule has 7 heteroatoms. The molecule has 0 radical (unpaired) electrons. The summed E-state index contributed by atoms with van der Waals surface area (Å²) in [6.45, 7) is 0.0579. The molecule has 2 rings (SSSR count). The lowest BCUT2D eigenvalue weighted by Crippen LogP contribution is -2.38. The second kappa shape index (κ2) is 4.91. The average Bonchev–Trinajstić information content (AvgIpc) is 2.46. The molecule has 6 nitrogen and oxygen atoms in total. The fourth-order valence-corrected chi connectivity index (χ4v) is 4.20. The molecule has 0 spiro atoms. The van der Waals surface area contributed by atoms with Crippen molar-refractivity contribution >= 4 is 16.2 Å². The van der Waals surface area contributed by atoms with Crippen molar-refractivity contribution in [3.8, 4) is 0 Å². The molecular formula is C10H18N2O4S. The molecule has 1 unspecified atom stereocenters. The maximum Gasteiger partial charge on any atom is 0.323 e. The summed E-state index contributed by atoms with van der Waals surface area (Å²) >= 11 is 0. The van der Waals surface area contributed by atoms with Crippen LogP contribution in [0.25, 0.3) is 0 Å². The highest BCUT2D eigenvalue weighted by molar-refractivity contribution is 7.87. The van der Waals surface area contributed by atoms with E-state index in [9.17, 15) is 13.2 Å². The molecule has 2 N–H and O–H groups in total. The standard InChI is InChI=1S/C10H18N2O4S/c13-10(14)9-7-12(17(15,16)11-9)8-5-3-1-2-4-6-8/h8-9,11H,1-7H2,(H,13,14). The highest BCUT2D eigenvalue weighted by Gasteiger charge is 2.42. The predicted molar refractivity (Wildman–Crippen MR) is 61.7 cm³/mol. The Bertz CT molecular complexity index is 387. The van der Waals surface area contributed by atoms with Crippen molar-refractivity contribution in [2.75, 3.05) is 6.54 Å². The molecule has 1 aliphatic heterocycles. The van der Waals surface area contributed by atoms with E-state index in [0.29, 0.717) is 0 Å². The van der Waals surface area contributed by atoms with Crippen LogP contribution in [0.1, 0.15) is 38.5 Å². The van der Waals surface area contributed by atoms with Crippen molar-refractivity contribution in [2.45, 2.75) is 50.6 Å². The van der Waals surface area contributed by atoms with E-state index in [2.05, 4.69) is 4.72 Å². The number of carboxylic acid groups (broad SMARTS) is 1. The van der Waals surface area contributed by atoms with Crippen LogP contribution in [0, 0.1) is 0 Å². The number of aliphatic carboxylic acids is 1. The van der Waals surface area contributed by atoms with Gasteiger partial charge in [-0.05, 0) is 12.8 Å². The van der Waals surface area contributed by atoms with E-state index in [4.69, 9.17) is 5.11 Å². The van der Waals surface area contributed by atoms with E-state index < -0.39 is 22.2 Å². The van der Waals surface area contributed by atoms with E-state index in [-0.39, 0.29) is 12.6 Å². The van der Waals surface area contributed by atoms with Gasteiger partial charge in [0.1, 0.15) is 6.04 Å². The third-order valence-electron chi connectivity index (χ3n) is 3.49. The van der Waals surface area contributed by atoms with Crippen molar-refractivity contribution in [3.05, 3.63) is 0 Å². The molecule has 98 valence electrons. The Balaban J connectivity index is 2.11. The fourth-order valence-electron chi connectivity index (χ4n) is 2.58. The van der Waals surface area contributed by atoms with Gasteiger partial charge in [0.05, 0.1) is 0 Å². The van der Waals surface area contributed by atoms with E-state index in [1.54, 1.807) is 0 Å². The largest absolute Gasteiger partial charge is 0.480 e. The quantitative estimate of drug-likeness (QED) is 0.701. The summed E-state index contributed by atoms with van der Waals surface area (Å²) in [5, 5.41) is 8.86. The summed E-state index contributed by atoms with van der Waals surface area (Å²) in [5.41, 5.74) is 0. The van der Waals surface area contributed by atoms with Crippen LogP contribution in [0.4, 0.5) is 0 Å². The first-order valence-electron chi connectivity index (χ1n) is 6.02. The molecule has 1 heterocycles. The molecular weight excluding hydrogens is 244 g/mol. The fraction of sp³-hybridized carbons (Fsp3) is 0.900. The second-order valence-corrected chi connectivity index (χ2v) is 6.38. The molecule has 0 bridgehead atoms. The van der Waals surface area contributed by atoms with Crippen molar-refractivity contribution in [1.82, 2.24) is 9.03 Å². The van der Waals surface area contributed by atoms with Crippen LogP contribution in [0.5, 0.6) is 0 Å². The van der Waals surface area contributed by atoms with Crippen LogP contribution in [0.2, 0.25) is 0 Å². The van der Waals surface area contributed by atoms with Crippen molar-refractivity contribution in [1.29, 1.82) is 0 Å². The zero-order valence-electron chi connectivity index (χ0n) is 9.63. The Hall–Kier alpha value is -0.660. The van der Waals surface area contributed by atoms with E-state index >= 15 is 0 Å². The molecule has 2 aliphatic rings. The van der Waals surface area contributed by atoms with Crippen LogP contribution in [-0.4, -0.2) is 42.4 Å².